The molecule has 4 nitrogen and oxygen atoms in total. The molecule has 15 heavy (non-hydrogen) atoms. The zero-order valence-corrected chi connectivity index (χ0v) is 9.11. The van der Waals surface area contributed by atoms with Gasteiger partial charge in [0.05, 0.1) is 13.2 Å². The molecule has 1 fully saturated rings. The van der Waals surface area contributed by atoms with Crippen molar-refractivity contribution in [3.63, 3.8) is 0 Å². The number of hydrogen-bond donors (Lipinski definition) is 0. The van der Waals surface area contributed by atoms with Gasteiger partial charge in [-0.2, -0.15) is 0 Å². The van der Waals surface area contributed by atoms with Crippen molar-refractivity contribution in [2.24, 2.45) is 0 Å². The van der Waals surface area contributed by atoms with Crippen molar-refractivity contribution in [3.8, 4) is 0 Å². The summed E-state index contributed by atoms with van der Waals surface area (Å²) in [5.74, 6) is -0.328. The van der Waals surface area contributed by atoms with Gasteiger partial charge in [0.2, 0.25) is 0 Å². The maximum absolute atomic E-state index is 10.9. The first-order valence-electron chi connectivity index (χ1n) is 5.39. The van der Waals surface area contributed by atoms with Gasteiger partial charge >= 0.3 is 5.97 Å². The summed E-state index contributed by atoms with van der Waals surface area (Å²) >= 11 is 0. The largest absolute Gasteiger partial charge is 0.463 e. The van der Waals surface area contributed by atoms with Crippen LogP contribution in [-0.4, -0.2) is 32.1 Å². The normalized spacial score (nSPS) is 21.8. The van der Waals surface area contributed by atoms with E-state index in [9.17, 15) is 4.79 Å². The van der Waals surface area contributed by atoms with Crippen LogP contribution < -0.4 is 0 Å². The number of carbonyl (C=O) groups is 1. The lowest BCUT2D eigenvalue weighted by Gasteiger charge is -2.21. The summed E-state index contributed by atoms with van der Waals surface area (Å²) in [5.41, 5.74) is 0. The molecule has 1 heterocycles. The number of hydrogen-bond acceptors (Lipinski definition) is 4. The van der Waals surface area contributed by atoms with Crippen molar-refractivity contribution in [1.82, 2.24) is 0 Å². The lowest BCUT2D eigenvalue weighted by atomic mass is 10.2. The van der Waals surface area contributed by atoms with Gasteiger partial charge in [-0.1, -0.05) is 6.08 Å². The zero-order chi connectivity index (χ0) is 10.9. The van der Waals surface area contributed by atoms with Gasteiger partial charge in [-0.15, -0.1) is 0 Å². The highest BCUT2D eigenvalue weighted by Gasteiger charge is 2.12. The second-order valence-corrected chi connectivity index (χ2v) is 3.28. The number of ether oxygens (including phenoxy) is 3. The first-order chi connectivity index (χ1) is 7.33. The van der Waals surface area contributed by atoms with Crippen molar-refractivity contribution in [1.29, 1.82) is 0 Å². The van der Waals surface area contributed by atoms with Crippen molar-refractivity contribution in [3.05, 3.63) is 12.2 Å². The van der Waals surface area contributed by atoms with E-state index < -0.39 is 0 Å². The molecular weight excluding hydrogens is 196 g/mol. The minimum absolute atomic E-state index is 0.106. The second-order valence-electron chi connectivity index (χ2n) is 3.28. The van der Waals surface area contributed by atoms with Gasteiger partial charge in [-0.3, -0.25) is 0 Å². The summed E-state index contributed by atoms with van der Waals surface area (Å²) < 4.78 is 15.5. The Hall–Kier alpha value is -0.870. The van der Waals surface area contributed by atoms with E-state index in [0.717, 1.165) is 25.9 Å². The molecule has 86 valence electrons. The highest BCUT2D eigenvalue weighted by molar-refractivity contribution is 5.81. The quantitative estimate of drug-likeness (QED) is 0.515. The Morgan fingerprint density at radius 3 is 3.07 bits per heavy atom. The molecule has 0 aromatic rings. The van der Waals surface area contributed by atoms with Crippen LogP contribution in [0, 0.1) is 0 Å². The minimum Gasteiger partial charge on any atom is -0.463 e. The molecule has 0 radical (unpaired) electrons. The van der Waals surface area contributed by atoms with E-state index in [4.69, 9.17) is 14.2 Å². The molecule has 0 amide bonds. The number of carbonyl (C=O) groups excluding carboxylic acids is 1. The molecule has 0 aliphatic carbocycles. The maximum Gasteiger partial charge on any atom is 0.330 e. The van der Waals surface area contributed by atoms with E-state index >= 15 is 0 Å². The fourth-order valence-electron chi connectivity index (χ4n) is 1.34. The SMILES string of the molecule is CCOC(=O)/C=C\CO[C@@H]1CCCCO1. The smallest absolute Gasteiger partial charge is 0.330 e. The van der Waals surface area contributed by atoms with E-state index in [2.05, 4.69) is 0 Å². The molecule has 4 heteroatoms. The second kappa shape index (κ2) is 7.43. The lowest BCUT2D eigenvalue weighted by molar-refractivity contribution is -0.155. The fraction of sp³-hybridized carbons (Fsp3) is 0.727. The molecule has 0 bridgehead atoms. The van der Waals surface area contributed by atoms with E-state index in [1.807, 2.05) is 0 Å². The fourth-order valence-corrected chi connectivity index (χ4v) is 1.34. The molecule has 1 saturated heterocycles. The Morgan fingerprint density at radius 2 is 2.40 bits per heavy atom. The highest BCUT2D eigenvalue weighted by Crippen LogP contribution is 2.13. The Kier molecular flexibility index (Phi) is 6.04. The van der Waals surface area contributed by atoms with E-state index in [0.29, 0.717) is 13.2 Å². The molecule has 1 rings (SSSR count). The monoisotopic (exact) mass is 214 g/mol. The third-order valence-corrected chi connectivity index (χ3v) is 2.06. The predicted molar refractivity (Wildman–Crippen MR) is 55.3 cm³/mol. The van der Waals surface area contributed by atoms with Crippen LogP contribution in [0.5, 0.6) is 0 Å². The molecule has 0 aromatic heterocycles. The topological polar surface area (TPSA) is 44.8 Å². The van der Waals surface area contributed by atoms with E-state index in [-0.39, 0.29) is 12.3 Å². The van der Waals surface area contributed by atoms with Crippen molar-refractivity contribution in [2.45, 2.75) is 32.5 Å². The average Bonchev–Trinajstić information content (AvgIpc) is 2.26. The van der Waals surface area contributed by atoms with Crippen LogP contribution in [0.25, 0.3) is 0 Å². The van der Waals surface area contributed by atoms with Gasteiger partial charge < -0.3 is 14.2 Å². The minimum atomic E-state index is -0.328. The van der Waals surface area contributed by atoms with Crippen molar-refractivity contribution in [2.75, 3.05) is 19.8 Å². The van der Waals surface area contributed by atoms with Gasteiger partial charge in [-0.05, 0) is 26.2 Å². The van der Waals surface area contributed by atoms with Crippen LogP contribution >= 0.6 is 0 Å². The maximum atomic E-state index is 10.9. The Labute approximate surface area is 90.2 Å². The molecule has 0 N–H and O–H groups in total. The zero-order valence-electron chi connectivity index (χ0n) is 9.11. The van der Waals surface area contributed by atoms with Crippen molar-refractivity contribution >= 4 is 5.97 Å². The van der Waals surface area contributed by atoms with Crippen molar-refractivity contribution < 1.29 is 19.0 Å². The van der Waals surface area contributed by atoms with Gasteiger partial charge in [0.1, 0.15) is 0 Å². The van der Waals surface area contributed by atoms with E-state index in [1.54, 1.807) is 13.0 Å². The number of rotatable bonds is 5. The van der Waals surface area contributed by atoms with Crippen LogP contribution in [0.1, 0.15) is 26.2 Å². The third kappa shape index (κ3) is 5.54. The Balaban J connectivity index is 2.06. The van der Waals surface area contributed by atoms with Gasteiger partial charge in [0.25, 0.3) is 0 Å². The van der Waals surface area contributed by atoms with Gasteiger partial charge in [-0.25, -0.2) is 4.79 Å². The highest BCUT2D eigenvalue weighted by atomic mass is 16.7. The lowest BCUT2D eigenvalue weighted by Crippen LogP contribution is -2.22. The summed E-state index contributed by atoms with van der Waals surface area (Å²) in [6.07, 6.45) is 6.12. The Morgan fingerprint density at radius 1 is 1.53 bits per heavy atom. The van der Waals surface area contributed by atoms with Crippen LogP contribution in [0.3, 0.4) is 0 Å². The van der Waals surface area contributed by atoms with Crippen LogP contribution in [-0.2, 0) is 19.0 Å². The van der Waals surface area contributed by atoms with Gasteiger partial charge in [0.15, 0.2) is 6.29 Å². The summed E-state index contributed by atoms with van der Waals surface area (Å²) in [6.45, 7) is 3.34. The summed E-state index contributed by atoms with van der Waals surface area (Å²) in [7, 11) is 0. The Bertz CT molecular complexity index is 207. The number of esters is 1. The molecule has 0 saturated carbocycles. The average molecular weight is 214 g/mol. The van der Waals surface area contributed by atoms with Crippen LogP contribution in [0.2, 0.25) is 0 Å². The molecule has 1 aliphatic heterocycles. The van der Waals surface area contributed by atoms with Crippen LogP contribution in [0.15, 0.2) is 12.2 Å². The summed E-state index contributed by atoms with van der Waals surface area (Å²) in [4.78, 5) is 10.9. The van der Waals surface area contributed by atoms with Crippen LogP contribution in [0.4, 0.5) is 0 Å². The molecule has 0 unspecified atom stereocenters. The summed E-state index contributed by atoms with van der Waals surface area (Å²) in [6, 6.07) is 0. The molecule has 0 spiro atoms. The first-order valence-corrected chi connectivity index (χ1v) is 5.39. The molecule has 1 atom stereocenters. The van der Waals surface area contributed by atoms with Gasteiger partial charge in [0, 0.05) is 12.7 Å². The molecular formula is C11H18O4. The molecule has 1 aliphatic rings. The first kappa shape index (κ1) is 12.2. The summed E-state index contributed by atoms with van der Waals surface area (Å²) in [5, 5.41) is 0. The molecule has 0 aromatic carbocycles. The predicted octanol–water partition coefficient (Wildman–Crippen LogP) is 1.65. The third-order valence-electron chi connectivity index (χ3n) is 2.06. The van der Waals surface area contributed by atoms with E-state index in [1.165, 1.54) is 6.08 Å². The standard InChI is InChI=1S/C11H18O4/c1-2-13-10(12)6-5-9-15-11-7-3-4-8-14-11/h5-6,11H,2-4,7-9H2,1H3/b6-5-/t11-/m1/s1.